The van der Waals surface area contributed by atoms with Crippen molar-refractivity contribution in [3.63, 3.8) is 0 Å². The van der Waals surface area contributed by atoms with Gasteiger partial charge in [0.25, 0.3) is 5.91 Å². The lowest BCUT2D eigenvalue weighted by Crippen LogP contribution is -2.55. The number of nitriles is 1. The molecule has 10 heteroatoms. The Balaban J connectivity index is 0.00000259. The number of likely N-dealkylation sites (tertiary alicyclic amines) is 1. The van der Waals surface area contributed by atoms with Crippen LogP contribution in [0.1, 0.15) is 70.2 Å². The van der Waals surface area contributed by atoms with E-state index < -0.39 is 17.8 Å². The van der Waals surface area contributed by atoms with Crippen LogP contribution in [0.25, 0.3) is 0 Å². The van der Waals surface area contributed by atoms with Crippen molar-refractivity contribution in [1.29, 1.82) is 5.26 Å². The Morgan fingerprint density at radius 3 is 2.55 bits per heavy atom. The lowest BCUT2D eigenvalue weighted by atomic mass is 10.0. The van der Waals surface area contributed by atoms with Crippen LogP contribution in [0.3, 0.4) is 0 Å². The van der Waals surface area contributed by atoms with Crippen molar-refractivity contribution in [2.45, 2.75) is 84.7 Å². The van der Waals surface area contributed by atoms with Gasteiger partial charge in [-0.1, -0.05) is 70.5 Å². The summed E-state index contributed by atoms with van der Waals surface area (Å²) in [7, 11) is 2.12. The molecule has 1 aromatic heterocycles. The maximum absolute atomic E-state index is 13.8. The number of ether oxygens (including phenoxy) is 1. The van der Waals surface area contributed by atoms with Gasteiger partial charge in [0, 0.05) is 42.8 Å². The van der Waals surface area contributed by atoms with Crippen LogP contribution in [-0.2, 0) is 24.1 Å². The Kier molecular flexibility index (Phi) is 13.9. The van der Waals surface area contributed by atoms with Gasteiger partial charge in [0.15, 0.2) is 5.83 Å². The Bertz CT molecular complexity index is 1300. The molecule has 240 valence electrons. The molecule has 2 fully saturated rings. The molecule has 0 radical (unpaired) electrons. The number of hydrogen-bond donors (Lipinski definition) is 0. The van der Waals surface area contributed by atoms with E-state index in [4.69, 9.17) is 26.3 Å². The first-order valence-corrected chi connectivity index (χ1v) is 16.3. The minimum Gasteiger partial charge on any atom is -0.462 e. The molecule has 0 saturated carbocycles. The molecule has 4 rings (SSSR count). The standard InChI is InChI=1S/C32H42ClFN6O2.C2H6/c1-5-9-27-29(13-8-11-24-10-6-7-12-28(24)33)36-32(42-21-26-18-22(2)19-38(26)4)37-30(27)39-16-17-40(31(41)23(3)34)25(20-39)14-15-35;1-2/h6-7,10,12,22,25-26H,3,5,8-9,11,13-14,16-21H2,1-2,4H3;1-2H3. The number of nitrogens with zero attached hydrogens (tertiary/aromatic N) is 6. The van der Waals surface area contributed by atoms with Crippen molar-refractivity contribution in [1.82, 2.24) is 19.8 Å². The summed E-state index contributed by atoms with van der Waals surface area (Å²) in [6.07, 6.45) is 5.25. The number of carbonyl (C=O) groups excluding carboxylic acids is 1. The lowest BCUT2D eigenvalue weighted by molar-refractivity contribution is -0.131. The molecule has 44 heavy (non-hydrogen) atoms. The Morgan fingerprint density at radius 1 is 1.16 bits per heavy atom. The zero-order valence-corrected chi connectivity index (χ0v) is 27.7. The second kappa shape index (κ2) is 17.3. The highest BCUT2D eigenvalue weighted by molar-refractivity contribution is 6.31. The number of aryl methyl sites for hydroxylation is 2. The molecule has 2 aliphatic heterocycles. The molecule has 3 atom stereocenters. The van der Waals surface area contributed by atoms with E-state index in [1.165, 1.54) is 4.90 Å². The number of likely N-dealkylation sites (N-methyl/N-ethyl adjacent to an activating group) is 1. The first-order valence-electron chi connectivity index (χ1n) is 15.9. The van der Waals surface area contributed by atoms with Gasteiger partial charge in [-0.2, -0.15) is 15.2 Å². The number of hydrogen-bond acceptors (Lipinski definition) is 7. The van der Waals surface area contributed by atoms with Crippen LogP contribution >= 0.6 is 11.6 Å². The van der Waals surface area contributed by atoms with Gasteiger partial charge in [0.2, 0.25) is 0 Å². The Morgan fingerprint density at radius 2 is 1.91 bits per heavy atom. The second-order valence-electron chi connectivity index (χ2n) is 11.6. The third-order valence-corrected chi connectivity index (χ3v) is 8.64. The van der Waals surface area contributed by atoms with Crippen molar-refractivity contribution < 1.29 is 13.9 Å². The highest BCUT2D eigenvalue weighted by Crippen LogP contribution is 2.30. The van der Waals surface area contributed by atoms with E-state index in [0.717, 1.165) is 72.7 Å². The molecule has 8 nitrogen and oxygen atoms in total. The zero-order valence-electron chi connectivity index (χ0n) is 27.0. The molecule has 2 aliphatic rings. The molecule has 2 aromatic rings. The number of rotatable bonds is 12. The van der Waals surface area contributed by atoms with E-state index in [2.05, 4.69) is 49.4 Å². The maximum atomic E-state index is 13.8. The third kappa shape index (κ3) is 9.15. The first-order chi connectivity index (χ1) is 21.2. The fraction of sp³-hybridized carbons (Fsp3) is 0.588. The minimum absolute atomic E-state index is 0.0873. The number of piperazine rings is 1. The normalized spacial score (nSPS) is 20.1. The van der Waals surface area contributed by atoms with Crippen LogP contribution in [0, 0.1) is 17.2 Å². The molecule has 1 aromatic carbocycles. The van der Waals surface area contributed by atoms with Crippen molar-refractivity contribution in [3.8, 4) is 12.1 Å². The van der Waals surface area contributed by atoms with Gasteiger partial charge < -0.3 is 14.5 Å². The van der Waals surface area contributed by atoms with Crippen LogP contribution in [-0.4, -0.2) is 77.6 Å². The van der Waals surface area contributed by atoms with Gasteiger partial charge in [-0.15, -0.1) is 0 Å². The molecule has 0 N–H and O–H groups in total. The van der Waals surface area contributed by atoms with Crippen molar-refractivity contribution in [2.24, 2.45) is 5.92 Å². The molecule has 3 unspecified atom stereocenters. The molecule has 1 amide bonds. The lowest BCUT2D eigenvalue weighted by Gasteiger charge is -2.41. The Hall–Kier alpha value is -3.22. The van der Waals surface area contributed by atoms with E-state index in [1.807, 2.05) is 32.0 Å². The summed E-state index contributed by atoms with van der Waals surface area (Å²) in [6, 6.07) is 10.2. The summed E-state index contributed by atoms with van der Waals surface area (Å²) in [4.78, 5) is 28.2. The smallest absolute Gasteiger partial charge is 0.318 e. The Labute approximate surface area is 267 Å². The predicted octanol–water partition coefficient (Wildman–Crippen LogP) is 6.42. The summed E-state index contributed by atoms with van der Waals surface area (Å²) in [5.41, 5.74) is 3.11. The van der Waals surface area contributed by atoms with E-state index in [0.29, 0.717) is 37.7 Å². The van der Waals surface area contributed by atoms with Crippen LogP contribution in [0.4, 0.5) is 10.2 Å². The largest absolute Gasteiger partial charge is 0.462 e. The molecular weight excluding hydrogens is 579 g/mol. The zero-order chi connectivity index (χ0) is 32.2. The van der Waals surface area contributed by atoms with Crippen molar-refractivity contribution >= 4 is 23.3 Å². The topological polar surface area (TPSA) is 85.6 Å². The van der Waals surface area contributed by atoms with Gasteiger partial charge in [0.05, 0.1) is 24.2 Å². The van der Waals surface area contributed by atoms with Gasteiger partial charge in [0.1, 0.15) is 12.4 Å². The highest BCUT2D eigenvalue weighted by atomic mass is 35.5. The summed E-state index contributed by atoms with van der Waals surface area (Å²) >= 11 is 6.42. The SMILES string of the molecule is C=C(F)C(=O)N1CCN(c2nc(OCC3CC(C)CN3C)nc(CCCc3ccccc3Cl)c2CCC)CC1CC#N.CC. The second-order valence-corrected chi connectivity index (χ2v) is 12.0. The summed E-state index contributed by atoms with van der Waals surface area (Å²) in [5, 5.41) is 10.2. The average Bonchev–Trinajstić information content (AvgIpc) is 3.34. The summed E-state index contributed by atoms with van der Waals surface area (Å²) in [6.45, 7) is 14.2. The quantitative estimate of drug-likeness (QED) is 0.251. The van der Waals surface area contributed by atoms with E-state index >= 15 is 0 Å². The van der Waals surface area contributed by atoms with Crippen molar-refractivity contribution in [2.75, 3.05) is 44.7 Å². The molecule has 0 bridgehead atoms. The maximum Gasteiger partial charge on any atom is 0.318 e. The molecular formula is C34H48ClFN6O2. The fourth-order valence-electron chi connectivity index (χ4n) is 6.16. The highest BCUT2D eigenvalue weighted by Gasteiger charge is 2.34. The number of amides is 1. The van der Waals surface area contributed by atoms with Gasteiger partial charge in [-0.3, -0.25) is 9.69 Å². The average molecular weight is 627 g/mol. The number of aromatic nitrogens is 2. The van der Waals surface area contributed by atoms with E-state index in [1.54, 1.807) is 0 Å². The first kappa shape index (κ1) is 35.3. The van der Waals surface area contributed by atoms with Gasteiger partial charge in [-0.05, 0) is 56.7 Å². The molecule has 3 heterocycles. The number of anilines is 1. The predicted molar refractivity (Wildman–Crippen MR) is 175 cm³/mol. The minimum atomic E-state index is -1.01. The van der Waals surface area contributed by atoms with Gasteiger partial charge in [-0.25, -0.2) is 4.39 Å². The van der Waals surface area contributed by atoms with Crippen LogP contribution in [0.5, 0.6) is 6.01 Å². The number of carbonyl (C=O) groups is 1. The van der Waals surface area contributed by atoms with Gasteiger partial charge >= 0.3 is 6.01 Å². The van der Waals surface area contributed by atoms with Crippen LogP contribution in [0.2, 0.25) is 5.02 Å². The monoisotopic (exact) mass is 626 g/mol. The summed E-state index contributed by atoms with van der Waals surface area (Å²) in [5.74, 6) is -0.380. The third-order valence-electron chi connectivity index (χ3n) is 8.27. The van der Waals surface area contributed by atoms with Crippen LogP contribution in [0.15, 0.2) is 36.7 Å². The van der Waals surface area contributed by atoms with E-state index in [-0.39, 0.29) is 13.0 Å². The fourth-order valence-corrected chi connectivity index (χ4v) is 6.39. The number of halogens is 2. The van der Waals surface area contributed by atoms with E-state index in [9.17, 15) is 14.4 Å². The number of benzene rings is 1. The molecule has 2 saturated heterocycles. The van der Waals surface area contributed by atoms with Crippen molar-refractivity contribution in [3.05, 3.63) is 58.5 Å². The summed E-state index contributed by atoms with van der Waals surface area (Å²) < 4.78 is 20.1. The molecule has 0 spiro atoms. The molecule has 0 aliphatic carbocycles. The van der Waals surface area contributed by atoms with Crippen LogP contribution < -0.4 is 9.64 Å².